The monoisotopic (exact) mass is 636 g/mol. The van der Waals surface area contributed by atoms with E-state index >= 15 is 0 Å². The minimum Gasteiger partial charge on any atom is -0.495 e. The van der Waals surface area contributed by atoms with Crippen LogP contribution in [0.1, 0.15) is 27.2 Å². The van der Waals surface area contributed by atoms with Gasteiger partial charge in [-0.2, -0.15) is 0 Å². The van der Waals surface area contributed by atoms with Crippen molar-refractivity contribution in [2.75, 3.05) is 42.9 Å². The quantitative estimate of drug-likeness (QED) is 0.210. The molecule has 1 saturated heterocycles. The van der Waals surface area contributed by atoms with Gasteiger partial charge in [-0.3, -0.25) is 4.79 Å². The second kappa shape index (κ2) is 14.3. The van der Waals surface area contributed by atoms with Gasteiger partial charge in [0.1, 0.15) is 34.8 Å². The van der Waals surface area contributed by atoms with Gasteiger partial charge in [-0.25, -0.2) is 8.89 Å². The first-order valence-corrected chi connectivity index (χ1v) is 16.2. The zero-order chi connectivity index (χ0) is 31.9. The summed E-state index contributed by atoms with van der Waals surface area (Å²) in [6.07, 6.45) is 1.87. The molecule has 11 heteroatoms. The second-order valence-corrected chi connectivity index (χ2v) is 12.2. The zero-order valence-electron chi connectivity index (χ0n) is 25.8. The van der Waals surface area contributed by atoms with Crippen LogP contribution in [0.3, 0.4) is 0 Å². The predicted octanol–water partition coefficient (Wildman–Crippen LogP) is 5.32. The fraction of sp³-hybridized carbons (Fsp3) is 0.229. The Balaban J connectivity index is 1.02. The fourth-order valence-electron chi connectivity index (χ4n) is 5.35. The summed E-state index contributed by atoms with van der Waals surface area (Å²) in [5, 5.41) is 8.38. The number of nitrogens with one attached hydrogen (secondary N) is 1. The van der Waals surface area contributed by atoms with Crippen LogP contribution in [0.2, 0.25) is 0 Å². The number of amides is 1. The number of para-hydroxylation sites is 2. The maximum atomic E-state index is 13.5. The van der Waals surface area contributed by atoms with E-state index in [1.54, 1.807) is 36.1 Å². The van der Waals surface area contributed by atoms with Crippen molar-refractivity contribution in [2.24, 2.45) is 0 Å². The van der Waals surface area contributed by atoms with E-state index in [4.69, 9.17) is 9.47 Å². The Morgan fingerprint density at radius 2 is 1.65 bits per heavy atom. The van der Waals surface area contributed by atoms with Gasteiger partial charge in [0, 0.05) is 37.4 Å². The second-order valence-electron chi connectivity index (χ2n) is 11.0. The van der Waals surface area contributed by atoms with Gasteiger partial charge in [-0.15, -0.1) is 5.10 Å². The summed E-state index contributed by atoms with van der Waals surface area (Å²) in [6, 6.07) is 30.6. The molecule has 4 aromatic carbocycles. The molecule has 6 rings (SSSR count). The van der Waals surface area contributed by atoms with Crippen LogP contribution in [0.4, 0.5) is 11.4 Å². The van der Waals surface area contributed by atoms with Crippen LogP contribution in [-0.2, 0) is 24.1 Å². The number of hydrogen-bond acceptors (Lipinski definition) is 7. The Kier molecular flexibility index (Phi) is 9.59. The number of methoxy groups -OCH3 is 1. The Labute approximate surface area is 271 Å². The molecule has 0 spiro atoms. The molecular formula is C35H36N6O4S. The molecule has 1 fully saturated rings. The van der Waals surface area contributed by atoms with Crippen molar-refractivity contribution in [3.8, 4) is 11.5 Å². The van der Waals surface area contributed by atoms with Gasteiger partial charge in [0.25, 0.3) is 5.91 Å². The third-order valence-electron chi connectivity index (χ3n) is 7.87. The van der Waals surface area contributed by atoms with Crippen molar-refractivity contribution in [1.82, 2.24) is 19.9 Å². The molecule has 46 heavy (non-hydrogen) atoms. The third kappa shape index (κ3) is 7.37. The number of anilines is 2. The highest BCUT2D eigenvalue weighted by Crippen LogP contribution is 2.29. The topological polar surface area (TPSA) is 102 Å². The molecule has 1 unspecified atom stereocenters. The van der Waals surface area contributed by atoms with Crippen molar-refractivity contribution in [1.29, 1.82) is 0 Å². The van der Waals surface area contributed by atoms with Gasteiger partial charge < -0.3 is 24.0 Å². The maximum Gasteiger partial charge on any atom is 0.254 e. The lowest BCUT2D eigenvalue weighted by molar-refractivity contribution is 0.0745. The normalized spacial score (nSPS) is 13.7. The maximum absolute atomic E-state index is 13.5. The highest BCUT2D eigenvalue weighted by atomic mass is 32.2. The minimum absolute atomic E-state index is 0.0578. The van der Waals surface area contributed by atoms with E-state index in [1.165, 1.54) is 0 Å². The first kappa shape index (κ1) is 30.8. The number of carbonyl (C=O) groups excluding carboxylic acids is 1. The number of ether oxygens (including phenoxy) is 2. The summed E-state index contributed by atoms with van der Waals surface area (Å²) in [7, 11) is 0.100. The van der Waals surface area contributed by atoms with Gasteiger partial charge in [0.05, 0.1) is 30.4 Å². The number of aromatic nitrogens is 3. The van der Waals surface area contributed by atoms with E-state index in [2.05, 4.69) is 19.9 Å². The number of nitrogens with zero attached hydrogens (tertiary/aromatic N) is 5. The average Bonchev–Trinajstić information content (AvgIpc) is 3.55. The molecule has 0 bridgehead atoms. The summed E-state index contributed by atoms with van der Waals surface area (Å²) >= 11 is 0. The fourth-order valence-corrected chi connectivity index (χ4v) is 6.24. The molecule has 10 nitrogen and oxygen atoms in total. The lowest BCUT2D eigenvalue weighted by Gasteiger charge is -2.36. The van der Waals surface area contributed by atoms with E-state index in [1.807, 2.05) is 90.8 Å². The summed E-state index contributed by atoms with van der Waals surface area (Å²) in [4.78, 5) is 18.2. The van der Waals surface area contributed by atoms with Gasteiger partial charge in [-0.1, -0.05) is 53.7 Å². The zero-order valence-corrected chi connectivity index (χ0v) is 26.7. The molecule has 0 radical (unpaired) electrons. The number of rotatable bonds is 11. The molecule has 5 aromatic rings. The van der Waals surface area contributed by atoms with Gasteiger partial charge >= 0.3 is 0 Å². The molecule has 1 amide bonds. The molecule has 1 atom stereocenters. The standard InChI is InChI=1S/C35H36N6O4S/c1-26-12-17-31(22-32(26)35(42)40-20-18-39(19-21-40)33-10-6-7-11-34(33)44-2)46(43)37-28-13-15-30(16-14-28)45-25-29-24-41(38-36-29)23-27-8-4-3-5-9-27/h3-17,22,24,37H,18-21,23,25H2,1-2H3. The number of benzene rings is 4. The van der Waals surface area contributed by atoms with Crippen LogP contribution in [-0.4, -0.2) is 63.3 Å². The predicted molar refractivity (Wildman–Crippen MR) is 179 cm³/mol. The molecule has 0 aliphatic carbocycles. The average molecular weight is 637 g/mol. The highest BCUT2D eigenvalue weighted by molar-refractivity contribution is 7.86. The molecule has 236 valence electrons. The third-order valence-corrected chi connectivity index (χ3v) is 8.97. The first-order valence-electron chi connectivity index (χ1n) is 15.1. The molecule has 1 aromatic heterocycles. The van der Waals surface area contributed by atoms with Crippen molar-refractivity contribution < 1.29 is 18.5 Å². The largest absolute Gasteiger partial charge is 0.495 e. The van der Waals surface area contributed by atoms with Crippen molar-refractivity contribution in [3.05, 3.63) is 126 Å². The molecule has 1 aliphatic heterocycles. The van der Waals surface area contributed by atoms with E-state index in [-0.39, 0.29) is 12.5 Å². The van der Waals surface area contributed by atoms with Crippen molar-refractivity contribution >= 4 is 28.3 Å². The Hall–Kier alpha value is -5.16. The summed E-state index contributed by atoms with van der Waals surface area (Å²) in [5.41, 5.74) is 4.97. The van der Waals surface area contributed by atoms with Gasteiger partial charge in [-0.05, 0) is 66.6 Å². The van der Waals surface area contributed by atoms with Crippen LogP contribution >= 0.6 is 0 Å². The molecule has 1 N–H and O–H groups in total. The first-order chi connectivity index (χ1) is 22.5. The van der Waals surface area contributed by atoms with Crippen molar-refractivity contribution in [3.63, 3.8) is 0 Å². The van der Waals surface area contributed by atoms with Crippen LogP contribution in [0.15, 0.2) is 108 Å². The number of piperazine rings is 1. The van der Waals surface area contributed by atoms with E-state index in [0.29, 0.717) is 54.6 Å². The van der Waals surface area contributed by atoms with E-state index < -0.39 is 11.0 Å². The summed E-state index contributed by atoms with van der Waals surface area (Å²) in [5.74, 6) is 1.42. The molecule has 2 heterocycles. The lowest BCUT2D eigenvalue weighted by atomic mass is 10.1. The number of hydrogen-bond donors (Lipinski definition) is 1. The van der Waals surface area contributed by atoms with Crippen LogP contribution < -0.4 is 19.1 Å². The summed E-state index contributed by atoms with van der Waals surface area (Å²) < 4.78 is 29.5. The Bertz CT molecular complexity index is 1800. The van der Waals surface area contributed by atoms with Gasteiger partial charge in [0.2, 0.25) is 0 Å². The molecule has 0 saturated carbocycles. The summed E-state index contributed by atoms with van der Waals surface area (Å²) in [6.45, 7) is 5.40. The highest BCUT2D eigenvalue weighted by Gasteiger charge is 2.25. The van der Waals surface area contributed by atoms with Gasteiger partial charge in [0.15, 0.2) is 0 Å². The Morgan fingerprint density at radius 1 is 0.913 bits per heavy atom. The SMILES string of the molecule is COc1ccccc1N1CCN(C(=O)c2cc(S(=O)Nc3ccc(OCc4cn(Cc5ccccc5)nn4)cc3)ccc2C)CC1. The van der Waals surface area contributed by atoms with E-state index in [9.17, 15) is 9.00 Å². The van der Waals surface area contributed by atoms with Crippen LogP contribution in [0.25, 0.3) is 0 Å². The molecule has 1 aliphatic rings. The smallest absolute Gasteiger partial charge is 0.254 e. The molecular weight excluding hydrogens is 600 g/mol. The Morgan fingerprint density at radius 3 is 2.41 bits per heavy atom. The number of carbonyl (C=O) groups is 1. The number of aryl methyl sites for hydroxylation is 1. The van der Waals surface area contributed by atoms with Crippen LogP contribution in [0.5, 0.6) is 11.5 Å². The minimum atomic E-state index is -1.57. The van der Waals surface area contributed by atoms with Crippen LogP contribution in [0, 0.1) is 6.92 Å². The lowest BCUT2D eigenvalue weighted by Crippen LogP contribution is -2.49. The van der Waals surface area contributed by atoms with Crippen molar-refractivity contribution in [2.45, 2.75) is 25.0 Å². The van der Waals surface area contributed by atoms with E-state index in [0.717, 1.165) is 28.3 Å².